The average molecular weight is 100 g/mol. The maximum atomic E-state index is 8.39. The van der Waals surface area contributed by atoms with Gasteiger partial charge in [0.1, 0.15) is 0 Å². The van der Waals surface area contributed by atoms with Gasteiger partial charge in [-0.25, -0.2) is 0 Å². The van der Waals surface area contributed by atoms with Crippen LogP contribution in [-0.2, 0) is 0 Å². The Labute approximate surface area is 44.4 Å². The fourth-order valence-corrected chi connectivity index (χ4v) is 0.967. The molecule has 1 saturated carbocycles. The van der Waals surface area contributed by atoms with Gasteiger partial charge in [0.2, 0.25) is 0 Å². The summed E-state index contributed by atoms with van der Waals surface area (Å²) in [6, 6.07) is 0. The lowest BCUT2D eigenvalue weighted by Gasteiger charge is -1.86. The summed E-state index contributed by atoms with van der Waals surface area (Å²) >= 11 is 0. The maximum Gasteiger partial charge on any atom is 0.0433 e. The standard InChI is InChI=1S/C6H12O/c1-5-4-6(5)2-3-7/h5-7H,2-4H2,1H3/t5-,6+/m0/s1. The molecule has 0 saturated heterocycles. The third-order valence-corrected chi connectivity index (χ3v) is 1.78. The van der Waals surface area contributed by atoms with Gasteiger partial charge >= 0.3 is 0 Å². The average Bonchev–Trinajstić information content (AvgIpc) is 2.22. The van der Waals surface area contributed by atoms with Crippen molar-refractivity contribution >= 4 is 0 Å². The molecule has 0 spiro atoms. The second-order valence-corrected chi connectivity index (χ2v) is 2.49. The number of hydrogen-bond donors (Lipinski definition) is 1. The van der Waals surface area contributed by atoms with Gasteiger partial charge in [-0.3, -0.25) is 0 Å². The smallest absolute Gasteiger partial charge is 0.0433 e. The molecule has 0 heterocycles. The molecule has 7 heavy (non-hydrogen) atoms. The maximum absolute atomic E-state index is 8.39. The molecule has 0 aliphatic heterocycles. The molecule has 1 nitrogen and oxygen atoms in total. The van der Waals surface area contributed by atoms with Crippen molar-refractivity contribution in [2.24, 2.45) is 11.8 Å². The summed E-state index contributed by atoms with van der Waals surface area (Å²) in [5, 5.41) is 8.39. The number of rotatable bonds is 2. The van der Waals surface area contributed by atoms with Crippen LogP contribution in [0.25, 0.3) is 0 Å². The lowest BCUT2D eigenvalue weighted by Crippen LogP contribution is -1.84. The molecule has 0 aromatic rings. The predicted molar refractivity (Wildman–Crippen MR) is 29.0 cm³/mol. The van der Waals surface area contributed by atoms with Crippen LogP contribution in [0.2, 0.25) is 0 Å². The van der Waals surface area contributed by atoms with Gasteiger partial charge in [-0.1, -0.05) is 6.92 Å². The first-order valence-corrected chi connectivity index (χ1v) is 2.95. The van der Waals surface area contributed by atoms with E-state index in [-0.39, 0.29) is 0 Å². The van der Waals surface area contributed by atoms with Crippen molar-refractivity contribution in [1.82, 2.24) is 0 Å². The molecule has 0 radical (unpaired) electrons. The SMILES string of the molecule is C[C@H]1C[C@H]1CCO. The van der Waals surface area contributed by atoms with Crippen molar-refractivity contribution in [3.05, 3.63) is 0 Å². The first-order valence-electron chi connectivity index (χ1n) is 2.95. The molecule has 0 aromatic heterocycles. The van der Waals surface area contributed by atoms with E-state index < -0.39 is 0 Å². The third-order valence-electron chi connectivity index (χ3n) is 1.78. The van der Waals surface area contributed by atoms with Crippen molar-refractivity contribution in [2.45, 2.75) is 19.8 Å². The zero-order valence-electron chi connectivity index (χ0n) is 4.72. The largest absolute Gasteiger partial charge is 0.396 e. The Kier molecular flexibility index (Phi) is 1.33. The highest BCUT2D eigenvalue weighted by molar-refractivity contribution is 4.81. The topological polar surface area (TPSA) is 20.2 Å². The first-order chi connectivity index (χ1) is 3.34. The van der Waals surface area contributed by atoms with Crippen LogP contribution in [0.5, 0.6) is 0 Å². The zero-order chi connectivity index (χ0) is 5.28. The van der Waals surface area contributed by atoms with Crippen LogP contribution in [0.15, 0.2) is 0 Å². The van der Waals surface area contributed by atoms with Gasteiger partial charge in [-0.05, 0) is 24.7 Å². The zero-order valence-corrected chi connectivity index (χ0v) is 4.72. The van der Waals surface area contributed by atoms with E-state index in [1.54, 1.807) is 0 Å². The van der Waals surface area contributed by atoms with E-state index in [1.807, 2.05) is 0 Å². The summed E-state index contributed by atoms with van der Waals surface area (Å²) in [4.78, 5) is 0. The van der Waals surface area contributed by atoms with Crippen LogP contribution in [0.3, 0.4) is 0 Å². The number of aliphatic hydroxyl groups is 1. The normalized spacial score (nSPS) is 38.6. The second kappa shape index (κ2) is 1.83. The lowest BCUT2D eigenvalue weighted by atomic mass is 10.3. The monoisotopic (exact) mass is 100 g/mol. The molecular formula is C6H12O. The fourth-order valence-electron chi connectivity index (χ4n) is 0.967. The summed E-state index contributed by atoms with van der Waals surface area (Å²) in [5.74, 6) is 1.78. The van der Waals surface area contributed by atoms with Crippen molar-refractivity contribution in [1.29, 1.82) is 0 Å². The molecule has 1 rings (SSSR count). The molecule has 2 atom stereocenters. The van der Waals surface area contributed by atoms with E-state index in [4.69, 9.17) is 5.11 Å². The van der Waals surface area contributed by atoms with Gasteiger partial charge in [-0.15, -0.1) is 0 Å². The molecule has 1 N–H and O–H groups in total. The highest BCUT2D eigenvalue weighted by atomic mass is 16.3. The highest BCUT2D eigenvalue weighted by Crippen LogP contribution is 2.39. The molecule has 0 unspecified atom stereocenters. The van der Waals surface area contributed by atoms with E-state index in [0.717, 1.165) is 18.3 Å². The van der Waals surface area contributed by atoms with Gasteiger partial charge in [0, 0.05) is 6.61 Å². The van der Waals surface area contributed by atoms with Gasteiger partial charge in [0.15, 0.2) is 0 Å². The van der Waals surface area contributed by atoms with Crippen LogP contribution in [0.1, 0.15) is 19.8 Å². The van der Waals surface area contributed by atoms with E-state index in [1.165, 1.54) is 6.42 Å². The highest BCUT2D eigenvalue weighted by Gasteiger charge is 2.31. The first kappa shape index (κ1) is 5.10. The predicted octanol–water partition coefficient (Wildman–Crippen LogP) is 1.02. The minimum absolute atomic E-state index is 0.384. The number of hydrogen-bond acceptors (Lipinski definition) is 1. The molecule has 1 fully saturated rings. The quantitative estimate of drug-likeness (QED) is 0.549. The molecule has 1 aliphatic carbocycles. The van der Waals surface area contributed by atoms with E-state index in [0.29, 0.717) is 6.61 Å². The summed E-state index contributed by atoms with van der Waals surface area (Å²) in [6.45, 7) is 2.62. The summed E-state index contributed by atoms with van der Waals surface area (Å²) in [7, 11) is 0. The Hall–Kier alpha value is -0.0400. The van der Waals surface area contributed by atoms with E-state index >= 15 is 0 Å². The van der Waals surface area contributed by atoms with Gasteiger partial charge < -0.3 is 5.11 Å². The third kappa shape index (κ3) is 1.16. The van der Waals surface area contributed by atoms with Crippen molar-refractivity contribution in [2.75, 3.05) is 6.61 Å². The van der Waals surface area contributed by atoms with Crippen molar-refractivity contribution in [3.8, 4) is 0 Å². The van der Waals surface area contributed by atoms with Gasteiger partial charge in [-0.2, -0.15) is 0 Å². The van der Waals surface area contributed by atoms with E-state index in [2.05, 4.69) is 6.92 Å². The van der Waals surface area contributed by atoms with Crippen LogP contribution in [-0.4, -0.2) is 11.7 Å². The Balaban J connectivity index is 1.98. The lowest BCUT2D eigenvalue weighted by molar-refractivity contribution is 0.277. The van der Waals surface area contributed by atoms with Crippen LogP contribution < -0.4 is 0 Å². The van der Waals surface area contributed by atoms with E-state index in [9.17, 15) is 0 Å². The molecular weight excluding hydrogens is 88.1 g/mol. The Morgan fingerprint density at radius 3 is 2.43 bits per heavy atom. The van der Waals surface area contributed by atoms with Crippen molar-refractivity contribution in [3.63, 3.8) is 0 Å². The van der Waals surface area contributed by atoms with Crippen LogP contribution in [0, 0.1) is 11.8 Å². The fraction of sp³-hybridized carbons (Fsp3) is 1.00. The molecule has 0 aromatic carbocycles. The summed E-state index contributed by atoms with van der Waals surface area (Å²) in [6.07, 6.45) is 2.38. The molecule has 0 bridgehead atoms. The molecule has 1 aliphatic rings. The van der Waals surface area contributed by atoms with Crippen molar-refractivity contribution < 1.29 is 5.11 Å². The Morgan fingerprint density at radius 1 is 1.71 bits per heavy atom. The Morgan fingerprint density at radius 2 is 2.29 bits per heavy atom. The Bertz CT molecular complexity index is 61.2. The summed E-state index contributed by atoms with van der Waals surface area (Å²) in [5.41, 5.74) is 0. The minimum atomic E-state index is 0.384. The minimum Gasteiger partial charge on any atom is -0.396 e. The molecule has 1 heteroatoms. The van der Waals surface area contributed by atoms with Gasteiger partial charge in [0.25, 0.3) is 0 Å². The van der Waals surface area contributed by atoms with Crippen LogP contribution in [0.4, 0.5) is 0 Å². The van der Waals surface area contributed by atoms with Crippen LogP contribution >= 0.6 is 0 Å². The van der Waals surface area contributed by atoms with Gasteiger partial charge in [0.05, 0.1) is 0 Å². The second-order valence-electron chi connectivity index (χ2n) is 2.49. The number of aliphatic hydroxyl groups excluding tert-OH is 1. The molecule has 42 valence electrons. The summed E-state index contributed by atoms with van der Waals surface area (Å²) < 4.78 is 0. The molecule has 0 amide bonds.